The summed E-state index contributed by atoms with van der Waals surface area (Å²) < 4.78 is 0. The zero-order chi connectivity index (χ0) is 19.7. The maximum Gasteiger partial charge on any atom is 0.259 e. The van der Waals surface area contributed by atoms with Crippen LogP contribution in [-0.2, 0) is 6.54 Å². The van der Waals surface area contributed by atoms with Gasteiger partial charge in [-0.2, -0.15) is 0 Å². The molecule has 2 amide bonds. The van der Waals surface area contributed by atoms with E-state index in [0.29, 0.717) is 39.9 Å². The Balaban J connectivity index is 1.64. The van der Waals surface area contributed by atoms with Gasteiger partial charge in [0.2, 0.25) is 0 Å². The number of benzene rings is 1. The van der Waals surface area contributed by atoms with E-state index >= 15 is 0 Å². The normalized spacial score (nSPS) is 16.4. The van der Waals surface area contributed by atoms with Gasteiger partial charge in [-0.25, -0.2) is 4.98 Å². The molecule has 6 nitrogen and oxygen atoms in total. The van der Waals surface area contributed by atoms with Crippen molar-refractivity contribution in [1.82, 2.24) is 10.3 Å². The molecule has 7 heteroatoms. The number of fused-ring (bicyclic) bond motifs is 1. The second-order valence-corrected chi connectivity index (χ2v) is 7.74. The molecular formula is C21H23ClN4O2. The van der Waals surface area contributed by atoms with Gasteiger partial charge in [-0.3, -0.25) is 9.59 Å². The number of aryl methyl sites for hydroxylation is 1. The monoisotopic (exact) mass is 398 g/mol. The van der Waals surface area contributed by atoms with E-state index in [0.717, 1.165) is 31.5 Å². The quantitative estimate of drug-likeness (QED) is 0.821. The maximum atomic E-state index is 13.1. The fourth-order valence-electron chi connectivity index (χ4n) is 3.75. The van der Waals surface area contributed by atoms with Crippen LogP contribution in [0.4, 0.5) is 11.5 Å². The van der Waals surface area contributed by atoms with Crippen LogP contribution in [-0.4, -0.2) is 29.9 Å². The number of amides is 2. The first-order chi connectivity index (χ1) is 13.5. The minimum Gasteiger partial charge on any atom is -0.356 e. The summed E-state index contributed by atoms with van der Waals surface area (Å²) >= 11 is 6.29. The number of nitrogens with zero attached hydrogens (tertiary/aromatic N) is 2. The molecule has 28 heavy (non-hydrogen) atoms. The minimum atomic E-state index is -0.271. The Hall–Kier alpha value is -2.60. The number of aromatic nitrogens is 1. The second kappa shape index (κ2) is 7.80. The number of rotatable bonds is 3. The summed E-state index contributed by atoms with van der Waals surface area (Å²) in [4.78, 5) is 31.8. The smallest absolute Gasteiger partial charge is 0.259 e. The second-order valence-electron chi connectivity index (χ2n) is 7.34. The van der Waals surface area contributed by atoms with Crippen molar-refractivity contribution < 1.29 is 9.59 Å². The molecule has 0 aliphatic carbocycles. The van der Waals surface area contributed by atoms with Gasteiger partial charge in [0.1, 0.15) is 5.82 Å². The molecule has 2 aromatic rings. The van der Waals surface area contributed by atoms with Gasteiger partial charge in [-0.15, -0.1) is 0 Å². The first-order valence-electron chi connectivity index (χ1n) is 9.67. The lowest BCUT2D eigenvalue weighted by Gasteiger charge is -2.24. The third kappa shape index (κ3) is 3.69. The number of carbonyl (C=O) groups excluding carboxylic acids is 2. The Bertz CT molecular complexity index is 936. The molecule has 0 unspecified atom stereocenters. The number of hydrogen-bond acceptors (Lipinski definition) is 4. The number of hydrogen-bond donors (Lipinski definition) is 2. The van der Waals surface area contributed by atoms with E-state index in [1.54, 1.807) is 12.1 Å². The molecule has 0 atom stereocenters. The molecule has 1 aromatic carbocycles. The van der Waals surface area contributed by atoms with Gasteiger partial charge < -0.3 is 15.5 Å². The van der Waals surface area contributed by atoms with Crippen LogP contribution in [0.15, 0.2) is 24.3 Å². The van der Waals surface area contributed by atoms with Gasteiger partial charge in [-0.05, 0) is 43.5 Å². The van der Waals surface area contributed by atoms with Crippen molar-refractivity contribution >= 4 is 34.9 Å². The van der Waals surface area contributed by atoms with Crippen molar-refractivity contribution in [2.45, 2.75) is 39.2 Å². The summed E-state index contributed by atoms with van der Waals surface area (Å²) in [6.45, 7) is 4.14. The Labute approximate surface area is 169 Å². The zero-order valence-corrected chi connectivity index (χ0v) is 16.6. The summed E-state index contributed by atoms with van der Waals surface area (Å²) in [6, 6.07) is 7.08. The van der Waals surface area contributed by atoms with Crippen LogP contribution in [0.25, 0.3) is 0 Å². The highest BCUT2D eigenvalue weighted by molar-refractivity contribution is 6.31. The van der Waals surface area contributed by atoms with Gasteiger partial charge in [0.15, 0.2) is 0 Å². The average Bonchev–Trinajstić information content (AvgIpc) is 2.88. The minimum absolute atomic E-state index is 0.114. The third-order valence-electron chi connectivity index (χ3n) is 5.33. The lowest BCUT2D eigenvalue weighted by Crippen LogP contribution is -2.28. The van der Waals surface area contributed by atoms with E-state index in [-0.39, 0.29) is 11.8 Å². The summed E-state index contributed by atoms with van der Waals surface area (Å²) in [7, 11) is 0. The van der Waals surface area contributed by atoms with E-state index < -0.39 is 0 Å². The molecule has 3 heterocycles. The third-order valence-corrected chi connectivity index (χ3v) is 5.72. The topological polar surface area (TPSA) is 74.3 Å². The fourth-order valence-corrected chi connectivity index (χ4v) is 3.90. The van der Waals surface area contributed by atoms with Gasteiger partial charge in [0, 0.05) is 30.9 Å². The van der Waals surface area contributed by atoms with E-state index in [2.05, 4.69) is 20.5 Å². The van der Waals surface area contributed by atoms with Crippen LogP contribution in [0.1, 0.15) is 57.7 Å². The largest absolute Gasteiger partial charge is 0.356 e. The Kier molecular flexibility index (Phi) is 5.22. The van der Waals surface area contributed by atoms with Gasteiger partial charge >= 0.3 is 0 Å². The van der Waals surface area contributed by atoms with Crippen molar-refractivity contribution in [3.05, 3.63) is 51.7 Å². The Morgan fingerprint density at radius 2 is 1.93 bits per heavy atom. The highest BCUT2D eigenvalue weighted by Crippen LogP contribution is 2.28. The Morgan fingerprint density at radius 3 is 2.68 bits per heavy atom. The molecule has 2 aliphatic rings. The van der Waals surface area contributed by atoms with Gasteiger partial charge in [0.25, 0.3) is 11.8 Å². The van der Waals surface area contributed by atoms with Crippen molar-refractivity contribution in [3.63, 3.8) is 0 Å². The SMILES string of the molecule is Cc1nc(N2CCCCCC2)c(C(=O)Nc2ccc3c(c2)C(=O)NC3)cc1Cl. The summed E-state index contributed by atoms with van der Waals surface area (Å²) in [5.41, 5.74) is 3.30. The van der Waals surface area contributed by atoms with Crippen LogP contribution in [0, 0.1) is 6.92 Å². The lowest BCUT2D eigenvalue weighted by molar-refractivity contribution is 0.0964. The number of carbonyl (C=O) groups is 2. The number of pyridine rings is 1. The molecule has 1 saturated heterocycles. The number of anilines is 2. The van der Waals surface area contributed by atoms with E-state index in [4.69, 9.17) is 11.6 Å². The molecule has 0 bridgehead atoms. The lowest BCUT2D eigenvalue weighted by atomic mass is 10.1. The zero-order valence-electron chi connectivity index (χ0n) is 15.8. The standard InChI is InChI=1S/C21H23ClN4O2/c1-13-18(22)11-17(19(24-13)26-8-4-2-3-5-9-26)21(28)25-15-7-6-14-12-23-20(27)16(14)10-15/h6-7,10-11H,2-5,8-9,12H2,1H3,(H,23,27)(H,25,28). The van der Waals surface area contributed by atoms with Crippen LogP contribution >= 0.6 is 11.6 Å². The van der Waals surface area contributed by atoms with Crippen molar-refractivity contribution in [2.24, 2.45) is 0 Å². The first-order valence-corrected chi connectivity index (χ1v) is 10.1. The summed E-state index contributed by atoms with van der Waals surface area (Å²) in [6.07, 6.45) is 4.57. The van der Waals surface area contributed by atoms with Crippen LogP contribution in [0.5, 0.6) is 0 Å². The molecule has 0 spiro atoms. The van der Waals surface area contributed by atoms with Crippen molar-refractivity contribution in [3.8, 4) is 0 Å². The molecule has 2 N–H and O–H groups in total. The fraction of sp³-hybridized carbons (Fsp3) is 0.381. The average molecular weight is 399 g/mol. The van der Waals surface area contributed by atoms with Gasteiger partial charge in [0.05, 0.1) is 16.3 Å². The predicted molar refractivity (Wildman–Crippen MR) is 110 cm³/mol. The summed E-state index contributed by atoms with van der Waals surface area (Å²) in [5.74, 6) is 0.295. The summed E-state index contributed by atoms with van der Waals surface area (Å²) in [5, 5.41) is 6.16. The van der Waals surface area contributed by atoms with E-state index in [9.17, 15) is 9.59 Å². The Morgan fingerprint density at radius 1 is 1.18 bits per heavy atom. The maximum absolute atomic E-state index is 13.1. The molecule has 2 aliphatic heterocycles. The van der Waals surface area contributed by atoms with Crippen LogP contribution in [0.2, 0.25) is 5.02 Å². The van der Waals surface area contributed by atoms with Crippen molar-refractivity contribution in [1.29, 1.82) is 0 Å². The highest BCUT2D eigenvalue weighted by Gasteiger charge is 2.23. The van der Waals surface area contributed by atoms with Crippen molar-refractivity contribution in [2.75, 3.05) is 23.3 Å². The van der Waals surface area contributed by atoms with Gasteiger partial charge in [-0.1, -0.05) is 30.5 Å². The molecule has 1 aromatic heterocycles. The van der Waals surface area contributed by atoms with E-state index in [1.165, 1.54) is 12.8 Å². The predicted octanol–water partition coefficient (Wildman–Crippen LogP) is 3.92. The molecule has 1 fully saturated rings. The molecule has 4 rings (SSSR count). The molecular weight excluding hydrogens is 376 g/mol. The molecule has 0 radical (unpaired) electrons. The highest BCUT2D eigenvalue weighted by atomic mass is 35.5. The van der Waals surface area contributed by atoms with Crippen LogP contribution in [0.3, 0.4) is 0 Å². The van der Waals surface area contributed by atoms with Crippen LogP contribution < -0.4 is 15.5 Å². The first kappa shape index (κ1) is 18.7. The molecule has 0 saturated carbocycles. The number of nitrogens with one attached hydrogen (secondary N) is 2. The van der Waals surface area contributed by atoms with E-state index in [1.807, 2.05) is 19.1 Å². The number of halogens is 1. The molecule has 146 valence electrons.